The predicted octanol–water partition coefficient (Wildman–Crippen LogP) is 2.97. The molecule has 0 spiro atoms. The van der Waals surface area contributed by atoms with Crippen LogP contribution in [0.2, 0.25) is 0 Å². The molecular weight excluding hydrogens is 198 g/mol. The van der Waals surface area contributed by atoms with E-state index in [-0.39, 0.29) is 0 Å². The molecule has 82 valence electrons. The molecule has 3 heteroatoms. The van der Waals surface area contributed by atoms with Crippen LogP contribution in [-0.2, 0) is 0 Å². The van der Waals surface area contributed by atoms with Gasteiger partial charge in [-0.2, -0.15) is 5.10 Å². The molecule has 0 radical (unpaired) electrons. The maximum absolute atomic E-state index is 4.58. The summed E-state index contributed by atoms with van der Waals surface area (Å²) in [6.45, 7) is 4.24. The maximum Gasteiger partial charge on any atom is 0.181 e. The second-order valence-electron chi connectivity index (χ2n) is 4.57. The zero-order chi connectivity index (χ0) is 11.1. The number of nitrogens with one attached hydrogen (secondary N) is 1. The SMILES string of the molecule is Cc1cccc(-c2n[nH]c(C3CC3)n2)c1C. The van der Waals surface area contributed by atoms with E-state index in [1.165, 1.54) is 24.0 Å². The lowest BCUT2D eigenvalue weighted by Crippen LogP contribution is -1.88. The fourth-order valence-corrected chi connectivity index (χ4v) is 1.93. The zero-order valence-corrected chi connectivity index (χ0v) is 9.62. The zero-order valence-electron chi connectivity index (χ0n) is 9.62. The highest BCUT2D eigenvalue weighted by Gasteiger charge is 2.27. The molecule has 0 amide bonds. The molecule has 1 fully saturated rings. The van der Waals surface area contributed by atoms with Gasteiger partial charge in [-0.3, -0.25) is 5.10 Å². The van der Waals surface area contributed by atoms with Gasteiger partial charge in [0.2, 0.25) is 0 Å². The Morgan fingerprint density at radius 2 is 2.06 bits per heavy atom. The number of benzene rings is 1. The van der Waals surface area contributed by atoms with Crippen molar-refractivity contribution in [3.8, 4) is 11.4 Å². The first kappa shape index (κ1) is 9.58. The smallest absolute Gasteiger partial charge is 0.181 e. The van der Waals surface area contributed by atoms with Crippen molar-refractivity contribution in [3.63, 3.8) is 0 Å². The second kappa shape index (κ2) is 3.44. The van der Waals surface area contributed by atoms with Crippen LogP contribution >= 0.6 is 0 Å². The molecular formula is C13H15N3. The summed E-state index contributed by atoms with van der Waals surface area (Å²) in [6.07, 6.45) is 2.50. The van der Waals surface area contributed by atoms with E-state index in [1.54, 1.807) is 0 Å². The minimum Gasteiger partial charge on any atom is -0.262 e. The third-order valence-electron chi connectivity index (χ3n) is 3.31. The van der Waals surface area contributed by atoms with Gasteiger partial charge in [-0.05, 0) is 37.8 Å². The summed E-state index contributed by atoms with van der Waals surface area (Å²) in [7, 11) is 0. The second-order valence-corrected chi connectivity index (χ2v) is 4.57. The molecule has 1 saturated carbocycles. The summed E-state index contributed by atoms with van der Waals surface area (Å²) < 4.78 is 0. The van der Waals surface area contributed by atoms with Crippen LogP contribution in [0.1, 0.15) is 35.7 Å². The van der Waals surface area contributed by atoms with Crippen molar-refractivity contribution in [1.82, 2.24) is 15.2 Å². The molecule has 0 unspecified atom stereocenters. The predicted molar refractivity (Wildman–Crippen MR) is 63.3 cm³/mol. The standard InChI is InChI=1S/C13H15N3/c1-8-4-3-5-11(9(8)2)13-14-12(15-16-13)10-6-7-10/h3-5,10H,6-7H2,1-2H3,(H,14,15,16). The van der Waals surface area contributed by atoms with Gasteiger partial charge in [0.25, 0.3) is 0 Å². The molecule has 0 aliphatic heterocycles. The highest BCUT2D eigenvalue weighted by atomic mass is 15.2. The topological polar surface area (TPSA) is 41.6 Å². The Morgan fingerprint density at radius 1 is 1.25 bits per heavy atom. The number of nitrogens with zero attached hydrogens (tertiary/aromatic N) is 2. The number of H-pyrrole nitrogens is 1. The van der Waals surface area contributed by atoms with Gasteiger partial charge >= 0.3 is 0 Å². The number of aromatic nitrogens is 3. The number of aromatic amines is 1. The first-order chi connectivity index (χ1) is 7.75. The molecule has 0 atom stereocenters. The first-order valence-electron chi connectivity index (χ1n) is 5.74. The molecule has 1 heterocycles. The van der Waals surface area contributed by atoms with Gasteiger partial charge in [0, 0.05) is 11.5 Å². The van der Waals surface area contributed by atoms with Crippen LogP contribution in [0.4, 0.5) is 0 Å². The van der Waals surface area contributed by atoms with E-state index in [4.69, 9.17) is 0 Å². The normalized spacial score (nSPS) is 15.4. The molecule has 0 saturated heterocycles. The van der Waals surface area contributed by atoms with Crippen LogP contribution < -0.4 is 0 Å². The van der Waals surface area contributed by atoms with E-state index in [1.807, 2.05) is 0 Å². The average Bonchev–Trinajstić information content (AvgIpc) is 3.02. The van der Waals surface area contributed by atoms with Crippen molar-refractivity contribution in [2.24, 2.45) is 0 Å². The van der Waals surface area contributed by atoms with Gasteiger partial charge in [-0.15, -0.1) is 0 Å². The largest absolute Gasteiger partial charge is 0.262 e. The van der Waals surface area contributed by atoms with E-state index in [9.17, 15) is 0 Å². The summed E-state index contributed by atoms with van der Waals surface area (Å²) in [6, 6.07) is 6.26. The number of rotatable bonds is 2. The van der Waals surface area contributed by atoms with Crippen LogP contribution in [0.15, 0.2) is 18.2 Å². The summed E-state index contributed by atoms with van der Waals surface area (Å²) in [5.41, 5.74) is 3.70. The average molecular weight is 213 g/mol. The molecule has 1 aliphatic carbocycles. The Bertz CT molecular complexity index is 524. The fourth-order valence-electron chi connectivity index (χ4n) is 1.93. The summed E-state index contributed by atoms with van der Waals surface area (Å²) in [5, 5.41) is 7.37. The van der Waals surface area contributed by atoms with Crippen molar-refractivity contribution in [1.29, 1.82) is 0 Å². The number of hydrogen-bond acceptors (Lipinski definition) is 2. The number of aryl methyl sites for hydroxylation is 1. The Kier molecular flexibility index (Phi) is 2.06. The third-order valence-corrected chi connectivity index (χ3v) is 3.31. The molecule has 2 aromatic rings. The molecule has 16 heavy (non-hydrogen) atoms. The molecule has 3 nitrogen and oxygen atoms in total. The highest BCUT2D eigenvalue weighted by Crippen LogP contribution is 2.38. The van der Waals surface area contributed by atoms with Gasteiger partial charge < -0.3 is 0 Å². The Hall–Kier alpha value is -1.64. The van der Waals surface area contributed by atoms with E-state index >= 15 is 0 Å². The van der Waals surface area contributed by atoms with Crippen LogP contribution in [0.3, 0.4) is 0 Å². The van der Waals surface area contributed by atoms with Crippen LogP contribution in [0.25, 0.3) is 11.4 Å². The van der Waals surface area contributed by atoms with Crippen LogP contribution in [-0.4, -0.2) is 15.2 Å². The van der Waals surface area contributed by atoms with Gasteiger partial charge in [-0.25, -0.2) is 4.98 Å². The minimum atomic E-state index is 0.631. The van der Waals surface area contributed by atoms with E-state index < -0.39 is 0 Å². The lowest BCUT2D eigenvalue weighted by Gasteiger charge is -2.03. The van der Waals surface area contributed by atoms with Gasteiger partial charge in [0.15, 0.2) is 5.82 Å². The van der Waals surface area contributed by atoms with Crippen molar-refractivity contribution < 1.29 is 0 Å². The molecule has 1 N–H and O–H groups in total. The van der Waals surface area contributed by atoms with E-state index in [2.05, 4.69) is 47.2 Å². The Morgan fingerprint density at radius 3 is 2.81 bits per heavy atom. The quantitative estimate of drug-likeness (QED) is 0.833. The molecule has 1 aromatic heterocycles. The van der Waals surface area contributed by atoms with Crippen molar-refractivity contribution in [2.75, 3.05) is 0 Å². The van der Waals surface area contributed by atoms with Gasteiger partial charge in [0.05, 0.1) is 0 Å². The summed E-state index contributed by atoms with van der Waals surface area (Å²) in [5.74, 6) is 2.52. The molecule has 1 aromatic carbocycles. The minimum absolute atomic E-state index is 0.631. The summed E-state index contributed by atoms with van der Waals surface area (Å²) >= 11 is 0. The summed E-state index contributed by atoms with van der Waals surface area (Å²) in [4.78, 5) is 4.58. The lowest BCUT2D eigenvalue weighted by molar-refractivity contribution is 0.935. The van der Waals surface area contributed by atoms with Crippen LogP contribution in [0.5, 0.6) is 0 Å². The maximum atomic E-state index is 4.58. The van der Waals surface area contributed by atoms with Crippen molar-refractivity contribution in [2.45, 2.75) is 32.6 Å². The number of hydrogen-bond donors (Lipinski definition) is 1. The van der Waals surface area contributed by atoms with Crippen molar-refractivity contribution in [3.05, 3.63) is 35.2 Å². The fraction of sp³-hybridized carbons (Fsp3) is 0.385. The first-order valence-corrected chi connectivity index (χ1v) is 5.74. The van der Waals surface area contributed by atoms with Crippen LogP contribution in [0, 0.1) is 13.8 Å². The van der Waals surface area contributed by atoms with Gasteiger partial charge in [-0.1, -0.05) is 18.2 Å². The van der Waals surface area contributed by atoms with E-state index in [0.29, 0.717) is 5.92 Å². The third kappa shape index (κ3) is 1.52. The Labute approximate surface area is 94.9 Å². The molecule has 0 bridgehead atoms. The molecule has 3 rings (SSSR count). The lowest BCUT2D eigenvalue weighted by atomic mass is 10.0. The van der Waals surface area contributed by atoms with Gasteiger partial charge in [0.1, 0.15) is 5.82 Å². The van der Waals surface area contributed by atoms with Crippen molar-refractivity contribution >= 4 is 0 Å². The molecule has 1 aliphatic rings. The highest BCUT2D eigenvalue weighted by molar-refractivity contribution is 5.61. The Balaban J connectivity index is 2.03. The monoisotopic (exact) mass is 213 g/mol. The van der Waals surface area contributed by atoms with E-state index in [0.717, 1.165) is 17.2 Å².